The molecule has 4 atom stereocenters. The summed E-state index contributed by atoms with van der Waals surface area (Å²) < 4.78 is 6.80. The van der Waals surface area contributed by atoms with Gasteiger partial charge in [-0.3, -0.25) is 19.7 Å². The largest absolute Gasteiger partial charge is 0.375 e. The third-order valence-electron chi connectivity index (χ3n) is 9.00. The van der Waals surface area contributed by atoms with Crippen LogP contribution >= 0.6 is 0 Å². The molecular weight excluding hydrogens is 470 g/mol. The fraction of sp³-hybridized carbons (Fsp3) is 0.448. The van der Waals surface area contributed by atoms with E-state index in [2.05, 4.69) is 29.3 Å². The summed E-state index contributed by atoms with van der Waals surface area (Å²) in [6.45, 7) is 5.31. The minimum absolute atomic E-state index is 0.00981. The molecule has 2 N–H and O–H groups in total. The van der Waals surface area contributed by atoms with E-state index in [1.54, 1.807) is 18.2 Å². The number of non-ortho nitro benzene ring substituents is 1. The van der Waals surface area contributed by atoms with Gasteiger partial charge in [0.15, 0.2) is 5.78 Å². The first-order valence-electron chi connectivity index (χ1n) is 13.0. The second-order valence-electron chi connectivity index (χ2n) is 11.2. The van der Waals surface area contributed by atoms with Crippen LogP contribution in [0.4, 0.5) is 11.4 Å². The molecule has 7 rings (SSSR count). The number of ether oxygens (including phenoxy) is 1. The van der Waals surface area contributed by atoms with Gasteiger partial charge >= 0.3 is 0 Å². The van der Waals surface area contributed by atoms with Crippen LogP contribution in [-0.2, 0) is 25.5 Å². The van der Waals surface area contributed by atoms with Crippen molar-refractivity contribution in [1.82, 2.24) is 5.32 Å². The van der Waals surface area contributed by atoms with Crippen molar-refractivity contribution < 1.29 is 19.2 Å². The van der Waals surface area contributed by atoms with E-state index < -0.39 is 11.1 Å². The molecule has 2 aliphatic heterocycles. The number of ketones is 1. The molecule has 5 aliphatic rings. The summed E-state index contributed by atoms with van der Waals surface area (Å²) >= 11 is 0. The number of carbonyl (C=O) groups is 2. The first-order valence-corrected chi connectivity index (χ1v) is 13.0. The number of nitro benzene ring substituents is 1. The highest BCUT2D eigenvalue weighted by molar-refractivity contribution is 5.95. The fourth-order valence-electron chi connectivity index (χ4n) is 6.91. The minimum Gasteiger partial charge on any atom is -0.375 e. The quantitative estimate of drug-likeness (QED) is 0.307. The number of hydrogen-bond acceptors (Lipinski definition) is 6. The predicted molar refractivity (Wildman–Crippen MR) is 138 cm³/mol. The van der Waals surface area contributed by atoms with E-state index in [0.29, 0.717) is 32.1 Å². The van der Waals surface area contributed by atoms with Gasteiger partial charge in [-0.2, -0.15) is 0 Å². The first kappa shape index (κ1) is 23.9. The van der Waals surface area contributed by atoms with E-state index in [0.717, 1.165) is 23.2 Å². The summed E-state index contributed by atoms with van der Waals surface area (Å²) in [6.07, 6.45) is 5.52. The fourth-order valence-corrected chi connectivity index (χ4v) is 6.91. The molecular formula is C29H31N3O5. The van der Waals surface area contributed by atoms with Crippen molar-refractivity contribution >= 4 is 23.1 Å². The number of anilines is 1. The lowest BCUT2D eigenvalue weighted by Gasteiger charge is -2.61. The lowest BCUT2D eigenvalue weighted by molar-refractivity contribution is -0.385. The average Bonchev–Trinajstić information content (AvgIpc) is 3.40. The smallest absolute Gasteiger partial charge is 0.269 e. The molecule has 2 aromatic carbocycles. The maximum absolute atomic E-state index is 13.1. The standard InChI is InChI=1S/C29H31N3O5/c1-3-20-15-29(20,18(2)33)31-26(34)19-9-11-23(13-19)37-28-16-27(17-28,21-7-5-4-6-8-21)30-25-12-10-22(32(35)36)14-24(25)28/h3-8,10,12,14,19-20,23,30H,1,9,11,13,15-17H2,2H3,(H,31,34)/t19-,20?,23?,27?,28?,29-/m0/s1. The molecule has 0 aromatic heterocycles. The second kappa shape index (κ2) is 8.25. The minimum atomic E-state index is -0.799. The first-order chi connectivity index (χ1) is 17.7. The molecule has 8 nitrogen and oxygen atoms in total. The molecule has 2 heterocycles. The highest BCUT2D eigenvalue weighted by atomic mass is 16.6. The molecule has 2 aromatic rings. The number of carbonyl (C=O) groups excluding carboxylic acids is 2. The SMILES string of the molecule is C=CC1C[C@]1(NC(=O)[C@H]1CCC(OC23CC(c4ccccc4)(C2)Nc2ccc([N+](=O)[O-])cc23)C1)C(C)=O. The van der Waals surface area contributed by atoms with E-state index in [1.807, 2.05) is 18.2 Å². The summed E-state index contributed by atoms with van der Waals surface area (Å²) in [5, 5.41) is 18.2. The molecule has 3 saturated carbocycles. The van der Waals surface area contributed by atoms with Gasteiger partial charge in [0.2, 0.25) is 5.91 Å². The number of Topliss-reactive ketones (excluding diaryl/α,β-unsaturated/α-hetero) is 1. The van der Waals surface area contributed by atoms with Gasteiger partial charge in [0.05, 0.1) is 16.6 Å². The molecule has 0 radical (unpaired) electrons. The van der Waals surface area contributed by atoms with Crippen molar-refractivity contribution in [1.29, 1.82) is 0 Å². The zero-order valence-corrected chi connectivity index (χ0v) is 20.9. The molecule has 0 saturated heterocycles. The second-order valence-corrected chi connectivity index (χ2v) is 11.2. The van der Waals surface area contributed by atoms with Crippen LogP contribution in [0.5, 0.6) is 0 Å². The van der Waals surface area contributed by atoms with Crippen LogP contribution in [0.1, 0.15) is 56.6 Å². The predicted octanol–water partition coefficient (Wildman–Crippen LogP) is 4.74. The Labute approximate surface area is 215 Å². The van der Waals surface area contributed by atoms with Gasteiger partial charge < -0.3 is 15.4 Å². The van der Waals surface area contributed by atoms with Crippen molar-refractivity contribution in [3.63, 3.8) is 0 Å². The number of benzene rings is 2. The normalized spacial score (nSPS) is 34.9. The Morgan fingerprint density at radius 3 is 2.59 bits per heavy atom. The van der Waals surface area contributed by atoms with Crippen LogP contribution in [0.15, 0.2) is 61.2 Å². The van der Waals surface area contributed by atoms with Crippen molar-refractivity contribution in [2.45, 2.75) is 68.2 Å². The summed E-state index contributed by atoms with van der Waals surface area (Å²) in [4.78, 5) is 36.5. The Morgan fingerprint density at radius 2 is 1.95 bits per heavy atom. The summed E-state index contributed by atoms with van der Waals surface area (Å²) in [5.74, 6) is -0.370. The van der Waals surface area contributed by atoms with Crippen LogP contribution in [0.3, 0.4) is 0 Å². The highest BCUT2D eigenvalue weighted by Gasteiger charge is 2.63. The van der Waals surface area contributed by atoms with Gasteiger partial charge in [-0.1, -0.05) is 36.4 Å². The average molecular weight is 502 g/mol. The Balaban J connectivity index is 1.22. The van der Waals surface area contributed by atoms with Crippen molar-refractivity contribution in [3.05, 3.63) is 82.4 Å². The van der Waals surface area contributed by atoms with Crippen molar-refractivity contribution in [3.8, 4) is 0 Å². The zero-order chi connectivity index (χ0) is 26.0. The molecule has 3 aliphatic carbocycles. The molecule has 0 spiro atoms. The molecule has 1 amide bonds. The number of hydrogen-bond donors (Lipinski definition) is 2. The number of nitrogens with one attached hydrogen (secondary N) is 2. The van der Waals surface area contributed by atoms with Gasteiger partial charge in [-0.05, 0) is 44.2 Å². The van der Waals surface area contributed by atoms with E-state index >= 15 is 0 Å². The number of nitrogens with zero attached hydrogens (tertiary/aromatic N) is 1. The Morgan fingerprint density at radius 1 is 1.19 bits per heavy atom. The van der Waals surface area contributed by atoms with Crippen LogP contribution in [0.2, 0.25) is 0 Å². The van der Waals surface area contributed by atoms with Gasteiger partial charge in [0.25, 0.3) is 5.69 Å². The topological polar surface area (TPSA) is 111 Å². The maximum atomic E-state index is 13.1. The lowest BCUT2D eigenvalue weighted by atomic mass is 9.56. The summed E-state index contributed by atoms with van der Waals surface area (Å²) in [7, 11) is 0. The number of amides is 1. The zero-order valence-electron chi connectivity index (χ0n) is 20.9. The maximum Gasteiger partial charge on any atom is 0.269 e. The van der Waals surface area contributed by atoms with E-state index in [9.17, 15) is 19.7 Å². The van der Waals surface area contributed by atoms with Gasteiger partial charge in [-0.25, -0.2) is 0 Å². The molecule has 8 heteroatoms. The van der Waals surface area contributed by atoms with Crippen molar-refractivity contribution in [2.75, 3.05) is 5.32 Å². The van der Waals surface area contributed by atoms with Crippen LogP contribution in [0.25, 0.3) is 0 Å². The van der Waals surface area contributed by atoms with Crippen LogP contribution < -0.4 is 10.6 Å². The number of nitro groups is 1. The third kappa shape index (κ3) is 3.69. The third-order valence-corrected chi connectivity index (χ3v) is 9.00. The molecule has 2 unspecified atom stereocenters. The van der Waals surface area contributed by atoms with Crippen LogP contribution in [0, 0.1) is 22.0 Å². The van der Waals surface area contributed by atoms with E-state index in [-0.39, 0.29) is 45.8 Å². The van der Waals surface area contributed by atoms with Gasteiger partial charge in [0, 0.05) is 48.1 Å². The van der Waals surface area contributed by atoms with E-state index in [1.165, 1.54) is 13.0 Å². The molecule has 37 heavy (non-hydrogen) atoms. The molecule has 2 bridgehead atoms. The van der Waals surface area contributed by atoms with E-state index in [4.69, 9.17) is 4.74 Å². The Bertz CT molecular complexity index is 1300. The van der Waals surface area contributed by atoms with Crippen LogP contribution in [-0.4, -0.2) is 28.3 Å². The number of rotatable bonds is 8. The van der Waals surface area contributed by atoms with Gasteiger partial charge in [0.1, 0.15) is 11.1 Å². The van der Waals surface area contributed by atoms with Crippen molar-refractivity contribution in [2.24, 2.45) is 11.8 Å². The Hall–Kier alpha value is -3.52. The monoisotopic (exact) mass is 501 g/mol. The Kier molecular flexibility index (Phi) is 5.32. The summed E-state index contributed by atoms with van der Waals surface area (Å²) in [5.41, 5.74) is 1.14. The summed E-state index contributed by atoms with van der Waals surface area (Å²) in [6, 6.07) is 15.2. The highest BCUT2D eigenvalue weighted by Crippen LogP contribution is 2.64. The molecule has 192 valence electrons. The molecule has 3 fully saturated rings. The lowest BCUT2D eigenvalue weighted by Crippen LogP contribution is -2.62. The van der Waals surface area contributed by atoms with Gasteiger partial charge in [-0.15, -0.1) is 6.58 Å².